The van der Waals surface area contributed by atoms with Crippen molar-refractivity contribution in [1.82, 2.24) is 10.2 Å². The van der Waals surface area contributed by atoms with Gasteiger partial charge in [0, 0.05) is 30.6 Å². The number of methoxy groups -OCH3 is 1. The van der Waals surface area contributed by atoms with Crippen LogP contribution in [0.5, 0.6) is 5.75 Å². The van der Waals surface area contributed by atoms with E-state index in [2.05, 4.69) is 5.32 Å². The van der Waals surface area contributed by atoms with E-state index < -0.39 is 17.7 Å². The van der Waals surface area contributed by atoms with E-state index in [4.69, 9.17) is 16.3 Å². The lowest BCUT2D eigenvalue weighted by Crippen LogP contribution is -2.37. The summed E-state index contributed by atoms with van der Waals surface area (Å²) >= 11 is 5.91. The Kier molecular flexibility index (Phi) is 6.42. The van der Waals surface area contributed by atoms with Crippen LogP contribution >= 0.6 is 11.6 Å². The van der Waals surface area contributed by atoms with Gasteiger partial charge in [-0.25, -0.2) is 0 Å². The number of benzene rings is 2. The van der Waals surface area contributed by atoms with Crippen molar-refractivity contribution < 1.29 is 24.2 Å². The van der Waals surface area contributed by atoms with Crippen LogP contribution in [0.3, 0.4) is 0 Å². The fourth-order valence-electron chi connectivity index (χ4n) is 3.36. The van der Waals surface area contributed by atoms with Crippen LogP contribution in [0.4, 0.5) is 0 Å². The lowest BCUT2D eigenvalue weighted by molar-refractivity contribution is -0.139. The first-order chi connectivity index (χ1) is 14.3. The van der Waals surface area contributed by atoms with E-state index in [0.29, 0.717) is 21.9 Å². The van der Waals surface area contributed by atoms with E-state index in [9.17, 15) is 19.5 Å². The van der Waals surface area contributed by atoms with Crippen molar-refractivity contribution in [3.63, 3.8) is 0 Å². The quantitative estimate of drug-likeness (QED) is 0.419. The molecule has 0 aromatic heterocycles. The average Bonchev–Trinajstić information content (AvgIpc) is 2.98. The molecule has 1 fully saturated rings. The molecule has 0 aliphatic carbocycles. The summed E-state index contributed by atoms with van der Waals surface area (Å²) in [5.41, 5.74) is 0.987. The number of Topliss-reactive ketones (excluding diaryl/α,β-unsaturated/α-hetero) is 1. The van der Waals surface area contributed by atoms with Gasteiger partial charge in [-0.3, -0.25) is 14.4 Å². The predicted molar refractivity (Wildman–Crippen MR) is 112 cm³/mol. The molecule has 3 rings (SSSR count). The third-order valence-corrected chi connectivity index (χ3v) is 5.07. The predicted octanol–water partition coefficient (Wildman–Crippen LogP) is 2.91. The van der Waals surface area contributed by atoms with Crippen LogP contribution in [0.15, 0.2) is 54.1 Å². The maximum Gasteiger partial charge on any atom is 0.295 e. The van der Waals surface area contributed by atoms with Gasteiger partial charge in [0.1, 0.15) is 11.5 Å². The molecule has 1 atom stereocenters. The van der Waals surface area contributed by atoms with E-state index in [1.807, 2.05) is 0 Å². The van der Waals surface area contributed by atoms with Crippen LogP contribution in [0, 0.1) is 0 Å². The molecule has 30 heavy (non-hydrogen) atoms. The van der Waals surface area contributed by atoms with Gasteiger partial charge in [0.05, 0.1) is 18.7 Å². The van der Waals surface area contributed by atoms with Gasteiger partial charge in [-0.15, -0.1) is 0 Å². The highest BCUT2D eigenvalue weighted by molar-refractivity contribution is 6.46. The summed E-state index contributed by atoms with van der Waals surface area (Å²) < 4.78 is 5.18. The number of aliphatic hydroxyl groups is 1. The molecule has 8 heteroatoms. The molecule has 2 aromatic rings. The van der Waals surface area contributed by atoms with Crippen LogP contribution in [0.2, 0.25) is 5.02 Å². The third-order valence-electron chi connectivity index (χ3n) is 4.82. The number of amides is 2. The van der Waals surface area contributed by atoms with Gasteiger partial charge in [-0.05, 0) is 42.0 Å². The lowest BCUT2D eigenvalue weighted by Gasteiger charge is -2.25. The van der Waals surface area contributed by atoms with Crippen LogP contribution in [-0.2, 0) is 14.4 Å². The van der Waals surface area contributed by atoms with E-state index in [1.54, 1.807) is 48.5 Å². The molecule has 1 saturated heterocycles. The molecule has 2 amide bonds. The smallest absolute Gasteiger partial charge is 0.295 e. The summed E-state index contributed by atoms with van der Waals surface area (Å²) in [6.07, 6.45) is 0. The zero-order valence-electron chi connectivity index (χ0n) is 16.5. The Morgan fingerprint density at radius 1 is 1.13 bits per heavy atom. The Labute approximate surface area is 178 Å². The van der Waals surface area contributed by atoms with E-state index in [-0.39, 0.29) is 30.3 Å². The normalized spacial score (nSPS) is 17.8. The van der Waals surface area contributed by atoms with Gasteiger partial charge < -0.3 is 20.1 Å². The Bertz CT molecular complexity index is 999. The fourth-order valence-corrected chi connectivity index (χ4v) is 3.49. The van der Waals surface area contributed by atoms with Crippen LogP contribution in [-0.4, -0.2) is 47.8 Å². The molecule has 1 aliphatic heterocycles. The zero-order valence-corrected chi connectivity index (χ0v) is 17.3. The van der Waals surface area contributed by atoms with Gasteiger partial charge in [0.25, 0.3) is 11.7 Å². The number of ketones is 1. The second kappa shape index (κ2) is 9.00. The summed E-state index contributed by atoms with van der Waals surface area (Å²) in [6, 6.07) is 12.4. The van der Waals surface area contributed by atoms with Crippen LogP contribution in [0.25, 0.3) is 5.76 Å². The molecule has 156 valence electrons. The first-order valence-electron chi connectivity index (χ1n) is 9.26. The highest BCUT2D eigenvalue weighted by atomic mass is 35.5. The maximum atomic E-state index is 12.9. The molecular weight excluding hydrogens is 408 g/mol. The van der Waals surface area contributed by atoms with Gasteiger partial charge in [0.2, 0.25) is 5.91 Å². The average molecular weight is 429 g/mol. The molecule has 1 aliphatic rings. The molecule has 0 unspecified atom stereocenters. The number of aliphatic hydroxyl groups excluding tert-OH is 1. The van der Waals surface area contributed by atoms with Crippen molar-refractivity contribution in [2.24, 2.45) is 0 Å². The van der Waals surface area contributed by atoms with Crippen molar-refractivity contribution in [2.45, 2.75) is 13.0 Å². The molecule has 0 saturated carbocycles. The minimum atomic E-state index is -0.805. The van der Waals surface area contributed by atoms with Crippen LogP contribution < -0.4 is 10.1 Å². The Balaban J connectivity index is 2.08. The summed E-state index contributed by atoms with van der Waals surface area (Å²) in [6.45, 7) is 1.66. The number of rotatable bonds is 6. The van der Waals surface area contributed by atoms with Gasteiger partial charge in [-0.1, -0.05) is 23.7 Å². The van der Waals surface area contributed by atoms with Crippen molar-refractivity contribution in [2.75, 3.05) is 20.2 Å². The Morgan fingerprint density at radius 2 is 1.77 bits per heavy atom. The first kappa shape index (κ1) is 21.4. The molecule has 7 nitrogen and oxygen atoms in total. The van der Waals surface area contributed by atoms with E-state index >= 15 is 0 Å². The standard InChI is InChI=1S/C22H21ClN2O5/c1-13(26)24-11-12-25-19(14-5-9-17(30-2)10-6-14)18(21(28)22(25)29)20(27)15-3-7-16(23)8-4-15/h3-10,19,27H,11-12H2,1-2H3,(H,24,26)/b20-18+/t19-/m1/s1. The topological polar surface area (TPSA) is 95.9 Å². The number of carbonyl (C=O) groups excluding carboxylic acids is 3. The lowest BCUT2D eigenvalue weighted by atomic mass is 9.95. The van der Waals surface area contributed by atoms with E-state index in [1.165, 1.54) is 18.9 Å². The number of ether oxygens (including phenoxy) is 1. The number of carbonyl (C=O) groups is 3. The van der Waals surface area contributed by atoms with Crippen molar-refractivity contribution in [3.05, 3.63) is 70.3 Å². The number of halogens is 1. The molecule has 0 spiro atoms. The number of likely N-dealkylation sites (tertiary alicyclic amines) is 1. The van der Waals surface area contributed by atoms with Crippen molar-refractivity contribution in [1.29, 1.82) is 0 Å². The van der Waals surface area contributed by atoms with Crippen molar-refractivity contribution >= 4 is 35.0 Å². The third kappa shape index (κ3) is 4.31. The minimum Gasteiger partial charge on any atom is -0.507 e. The first-order valence-corrected chi connectivity index (χ1v) is 9.64. The fraction of sp³-hybridized carbons (Fsp3) is 0.227. The highest BCUT2D eigenvalue weighted by Crippen LogP contribution is 2.39. The second-order valence-electron chi connectivity index (χ2n) is 6.76. The number of hydrogen-bond acceptors (Lipinski definition) is 5. The summed E-state index contributed by atoms with van der Waals surface area (Å²) in [5.74, 6) is -1.43. The van der Waals surface area contributed by atoms with Crippen LogP contribution in [0.1, 0.15) is 24.1 Å². The molecule has 0 radical (unpaired) electrons. The monoisotopic (exact) mass is 428 g/mol. The van der Waals surface area contributed by atoms with Gasteiger partial charge >= 0.3 is 0 Å². The van der Waals surface area contributed by atoms with E-state index in [0.717, 1.165) is 0 Å². The van der Waals surface area contributed by atoms with Gasteiger partial charge in [-0.2, -0.15) is 0 Å². The molecule has 2 aromatic carbocycles. The second-order valence-corrected chi connectivity index (χ2v) is 7.19. The molecule has 0 bridgehead atoms. The maximum absolute atomic E-state index is 12.9. The summed E-state index contributed by atoms with van der Waals surface area (Å²) in [5, 5.41) is 14.0. The molecular formula is C22H21ClN2O5. The SMILES string of the molecule is COc1ccc([C@@H]2/C(=C(\O)c3ccc(Cl)cc3)C(=O)C(=O)N2CCNC(C)=O)cc1. The zero-order chi connectivity index (χ0) is 21.8. The number of hydrogen-bond donors (Lipinski definition) is 2. The molecule has 1 heterocycles. The van der Waals surface area contributed by atoms with Gasteiger partial charge in [0.15, 0.2) is 0 Å². The number of nitrogens with zero attached hydrogens (tertiary/aromatic N) is 1. The Morgan fingerprint density at radius 3 is 2.33 bits per heavy atom. The summed E-state index contributed by atoms with van der Waals surface area (Å²) in [4.78, 5) is 38.2. The molecule has 2 N–H and O–H groups in total. The highest BCUT2D eigenvalue weighted by Gasteiger charge is 2.45. The largest absolute Gasteiger partial charge is 0.507 e. The number of nitrogens with one attached hydrogen (secondary N) is 1. The summed E-state index contributed by atoms with van der Waals surface area (Å²) in [7, 11) is 1.54. The Hall–Kier alpha value is -3.32. The van der Waals surface area contributed by atoms with Crippen molar-refractivity contribution in [3.8, 4) is 5.75 Å². The minimum absolute atomic E-state index is 0.0182.